The predicted molar refractivity (Wildman–Crippen MR) is 67.8 cm³/mol. The van der Waals surface area contributed by atoms with Crippen LogP contribution in [0, 0.1) is 0 Å². The summed E-state index contributed by atoms with van der Waals surface area (Å²) in [5, 5.41) is 0. The van der Waals surface area contributed by atoms with Crippen molar-refractivity contribution in [1.29, 1.82) is 0 Å². The Hall–Kier alpha value is -1.78. The molecule has 1 saturated heterocycles. The molecule has 1 aromatic heterocycles. The SMILES string of the molecule is CC(=O)c1ccc(N2CCN(C)C(=O)C2(C)C)o1. The molecule has 1 aromatic rings. The molecule has 18 heavy (non-hydrogen) atoms. The van der Waals surface area contributed by atoms with Crippen LogP contribution in [0.5, 0.6) is 0 Å². The number of piperazine rings is 1. The zero-order chi connectivity index (χ0) is 13.5. The zero-order valence-electron chi connectivity index (χ0n) is 11.2. The van der Waals surface area contributed by atoms with Crippen molar-refractivity contribution in [2.45, 2.75) is 26.3 Å². The summed E-state index contributed by atoms with van der Waals surface area (Å²) in [5.74, 6) is 0.841. The Morgan fingerprint density at radius 2 is 2.00 bits per heavy atom. The average Bonchev–Trinajstić information content (AvgIpc) is 2.75. The molecule has 1 amide bonds. The normalized spacial score (nSPS) is 19.2. The number of amides is 1. The van der Waals surface area contributed by atoms with Crippen LogP contribution in [-0.4, -0.2) is 42.3 Å². The van der Waals surface area contributed by atoms with Crippen molar-refractivity contribution in [3.8, 4) is 0 Å². The van der Waals surface area contributed by atoms with E-state index in [1.54, 1.807) is 24.1 Å². The van der Waals surface area contributed by atoms with Gasteiger partial charge in [-0.3, -0.25) is 9.59 Å². The standard InChI is InChI=1S/C13H18N2O3/c1-9(16)10-5-6-11(18-10)15-8-7-14(4)12(17)13(15,2)3/h5-6H,7-8H2,1-4H3. The van der Waals surface area contributed by atoms with Gasteiger partial charge in [0.05, 0.1) is 0 Å². The fourth-order valence-corrected chi connectivity index (χ4v) is 2.26. The Bertz CT molecular complexity index is 490. The molecular formula is C13H18N2O3. The van der Waals surface area contributed by atoms with Crippen LogP contribution >= 0.6 is 0 Å². The highest BCUT2D eigenvalue weighted by molar-refractivity contribution is 5.92. The van der Waals surface area contributed by atoms with E-state index in [1.165, 1.54) is 6.92 Å². The smallest absolute Gasteiger partial charge is 0.247 e. The summed E-state index contributed by atoms with van der Waals surface area (Å²) in [5.41, 5.74) is -0.654. The van der Waals surface area contributed by atoms with E-state index in [2.05, 4.69) is 0 Å². The van der Waals surface area contributed by atoms with Crippen LogP contribution in [0.3, 0.4) is 0 Å². The Morgan fingerprint density at radius 1 is 1.33 bits per heavy atom. The van der Waals surface area contributed by atoms with Gasteiger partial charge in [0, 0.05) is 33.1 Å². The van der Waals surface area contributed by atoms with E-state index in [1.807, 2.05) is 18.7 Å². The first-order chi connectivity index (χ1) is 8.34. The Labute approximate surface area is 106 Å². The van der Waals surface area contributed by atoms with E-state index >= 15 is 0 Å². The van der Waals surface area contributed by atoms with E-state index in [0.717, 1.165) is 0 Å². The molecule has 0 atom stereocenters. The van der Waals surface area contributed by atoms with Crippen molar-refractivity contribution in [2.75, 3.05) is 25.0 Å². The molecule has 5 heteroatoms. The monoisotopic (exact) mass is 250 g/mol. The number of carbonyl (C=O) groups is 2. The van der Waals surface area contributed by atoms with Crippen molar-refractivity contribution in [3.05, 3.63) is 17.9 Å². The van der Waals surface area contributed by atoms with Gasteiger partial charge < -0.3 is 14.2 Å². The summed E-state index contributed by atoms with van der Waals surface area (Å²) in [4.78, 5) is 27.0. The first kappa shape index (κ1) is 12.7. The molecule has 0 spiro atoms. The third kappa shape index (κ3) is 1.89. The molecule has 1 aliphatic rings. The number of nitrogens with zero attached hydrogens (tertiary/aromatic N) is 2. The average molecular weight is 250 g/mol. The molecule has 1 fully saturated rings. The lowest BCUT2D eigenvalue weighted by Crippen LogP contribution is -2.62. The highest BCUT2D eigenvalue weighted by atomic mass is 16.4. The van der Waals surface area contributed by atoms with Crippen LogP contribution in [0.2, 0.25) is 0 Å². The highest BCUT2D eigenvalue weighted by Crippen LogP contribution is 2.30. The molecule has 0 radical (unpaired) electrons. The highest BCUT2D eigenvalue weighted by Gasteiger charge is 2.41. The van der Waals surface area contributed by atoms with Crippen LogP contribution in [-0.2, 0) is 4.79 Å². The molecule has 1 aliphatic heterocycles. The zero-order valence-corrected chi connectivity index (χ0v) is 11.2. The minimum Gasteiger partial charge on any atom is -0.437 e. The first-order valence-corrected chi connectivity index (χ1v) is 5.98. The van der Waals surface area contributed by atoms with Crippen molar-refractivity contribution in [3.63, 3.8) is 0 Å². The second kappa shape index (κ2) is 4.15. The van der Waals surface area contributed by atoms with E-state index in [9.17, 15) is 9.59 Å². The number of furan rings is 1. The van der Waals surface area contributed by atoms with Gasteiger partial charge in [-0.25, -0.2) is 0 Å². The Kier molecular flexibility index (Phi) is 2.92. The molecule has 5 nitrogen and oxygen atoms in total. The number of hydrogen-bond donors (Lipinski definition) is 0. The molecule has 0 aromatic carbocycles. The summed E-state index contributed by atoms with van der Waals surface area (Å²) in [6.07, 6.45) is 0. The van der Waals surface area contributed by atoms with Crippen LogP contribution in [0.4, 0.5) is 5.88 Å². The third-order valence-electron chi connectivity index (χ3n) is 3.41. The number of hydrogen-bond acceptors (Lipinski definition) is 4. The summed E-state index contributed by atoms with van der Waals surface area (Å²) in [6.45, 7) is 6.53. The summed E-state index contributed by atoms with van der Waals surface area (Å²) in [7, 11) is 1.80. The molecule has 98 valence electrons. The minimum atomic E-state index is -0.654. The first-order valence-electron chi connectivity index (χ1n) is 5.98. The van der Waals surface area contributed by atoms with Crippen LogP contribution in [0.15, 0.2) is 16.5 Å². The largest absolute Gasteiger partial charge is 0.437 e. The number of likely N-dealkylation sites (N-methyl/N-ethyl adjacent to an activating group) is 1. The summed E-state index contributed by atoms with van der Waals surface area (Å²) >= 11 is 0. The van der Waals surface area contributed by atoms with Gasteiger partial charge in [0.25, 0.3) is 0 Å². The molecule has 0 saturated carbocycles. The summed E-state index contributed by atoms with van der Waals surface area (Å²) < 4.78 is 5.51. The fraction of sp³-hybridized carbons (Fsp3) is 0.538. The minimum absolute atomic E-state index is 0.0505. The van der Waals surface area contributed by atoms with E-state index < -0.39 is 5.54 Å². The maximum Gasteiger partial charge on any atom is 0.247 e. The second-order valence-corrected chi connectivity index (χ2v) is 5.13. The topological polar surface area (TPSA) is 53.8 Å². The van der Waals surface area contributed by atoms with Crippen LogP contribution in [0.25, 0.3) is 0 Å². The van der Waals surface area contributed by atoms with Gasteiger partial charge >= 0.3 is 0 Å². The number of rotatable bonds is 2. The molecule has 2 rings (SSSR count). The van der Waals surface area contributed by atoms with E-state index in [0.29, 0.717) is 24.7 Å². The predicted octanol–water partition coefficient (Wildman–Crippen LogP) is 1.54. The molecular weight excluding hydrogens is 232 g/mol. The van der Waals surface area contributed by atoms with E-state index in [-0.39, 0.29) is 11.7 Å². The quantitative estimate of drug-likeness (QED) is 0.747. The lowest BCUT2D eigenvalue weighted by atomic mass is 9.98. The second-order valence-electron chi connectivity index (χ2n) is 5.13. The van der Waals surface area contributed by atoms with Gasteiger partial charge in [0.1, 0.15) is 5.54 Å². The lowest BCUT2D eigenvalue weighted by Gasteiger charge is -2.44. The van der Waals surface area contributed by atoms with Gasteiger partial charge in [-0.15, -0.1) is 0 Å². The maximum absolute atomic E-state index is 12.1. The summed E-state index contributed by atoms with van der Waals surface area (Å²) in [6, 6.07) is 3.40. The van der Waals surface area contributed by atoms with Crippen LogP contribution < -0.4 is 4.90 Å². The van der Waals surface area contributed by atoms with Crippen LogP contribution in [0.1, 0.15) is 31.3 Å². The fourth-order valence-electron chi connectivity index (χ4n) is 2.26. The molecule has 0 aliphatic carbocycles. The van der Waals surface area contributed by atoms with E-state index in [4.69, 9.17) is 4.42 Å². The van der Waals surface area contributed by atoms with Crippen molar-refractivity contribution < 1.29 is 14.0 Å². The molecule has 0 bridgehead atoms. The van der Waals surface area contributed by atoms with Gasteiger partial charge in [-0.1, -0.05) is 0 Å². The number of Topliss-reactive ketones (excluding diaryl/α,β-unsaturated/α-hetero) is 1. The molecule has 0 N–H and O–H groups in total. The van der Waals surface area contributed by atoms with Crippen molar-refractivity contribution in [2.24, 2.45) is 0 Å². The Morgan fingerprint density at radius 3 is 2.56 bits per heavy atom. The van der Waals surface area contributed by atoms with Gasteiger partial charge in [-0.05, 0) is 19.9 Å². The number of carbonyl (C=O) groups excluding carboxylic acids is 2. The van der Waals surface area contributed by atoms with Crippen molar-refractivity contribution in [1.82, 2.24) is 4.90 Å². The van der Waals surface area contributed by atoms with Gasteiger partial charge in [0.15, 0.2) is 17.4 Å². The molecule has 2 heterocycles. The Balaban J connectivity index is 2.32. The van der Waals surface area contributed by atoms with Gasteiger partial charge in [0.2, 0.25) is 5.91 Å². The maximum atomic E-state index is 12.1. The number of ketones is 1. The lowest BCUT2D eigenvalue weighted by molar-refractivity contribution is -0.136. The van der Waals surface area contributed by atoms with Gasteiger partial charge in [-0.2, -0.15) is 0 Å². The molecule has 0 unspecified atom stereocenters. The third-order valence-corrected chi connectivity index (χ3v) is 3.41. The number of anilines is 1. The van der Waals surface area contributed by atoms with Crippen molar-refractivity contribution >= 4 is 17.6 Å².